The number of aliphatic hydroxyl groups is 1. The van der Waals surface area contributed by atoms with Gasteiger partial charge < -0.3 is 40.6 Å². The zero-order valence-corrected chi connectivity index (χ0v) is 23.7. The number of carbonyl (C=O) groups excluding carboxylic acids is 1. The van der Waals surface area contributed by atoms with Gasteiger partial charge >= 0.3 is 7.60 Å². The normalized spacial score (nSPS) is 14.6. The van der Waals surface area contributed by atoms with Crippen LogP contribution in [0.25, 0.3) is 11.2 Å². The number of amides is 1. The van der Waals surface area contributed by atoms with Gasteiger partial charge in [-0.2, -0.15) is 0 Å². The molecule has 2 aromatic heterocycles. The van der Waals surface area contributed by atoms with E-state index in [1.54, 1.807) is 28.8 Å². The highest BCUT2D eigenvalue weighted by Gasteiger charge is 2.25. The number of nitrogens with one attached hydrogen (secondary N) is 1. The van der Waals surface area contributed by atoms with Gasteiger partial charge in [0, 0.05) is 0 Å². The highest BCUT2D eigenvalue weighted by molar-refractivity contribution is 7.53. The maximum Gasteiger partial charge on any atom is 0.402 e. The van der Waals surface area contributed by atoms with Crippen molar-refractivity contribution in [2.75, 3.05) is 25.2 Å². The second kappa shape index (κ2) is 15.6. The number of carbonyl (C=O) groups is 1. The molecule has 2 heterocycles. The largest absolute Gasteiger partial charge is 0.423 e. The van der Waals surface area contributed by atoms with E-state index in [4.69, 9.17) is 20.7 Å². The van der Waals surface area contributed by atoms with E-state index in [0.717, 1.165) is 18.4 Å². The Hall–Kier alpha value is -3.09. The Morgan fingerprint density at radius 3 is 2.55 bits per heavy atom. The molecular weight excluding hydrogens is 537 g/mol. The van der Waals surface area contributed by atoms with Crippen molar-refractivity contribution in [2.45, 2.75) is 70.6 Å². The smallest absolute Gasteiger partial charge is 0.402 e. The number of aliphatic hydroxyl groups excluding tert-OH is 1. The molecule has 220 valence electrons. The van der Waals surface area contributed by atoms with Crippen molar-refractivity contribution in [1.82, 2.24) is 24.8 Å². The summed E-state index contributed by atoms with van der Waals surface area (Å²) in [5, 5.41) is 13.0. The SMILES string of the molecule is CCCCCCCCN[C@@H](Cc1ccc(OP(=O)(O)CO[C@H](CO)Cn2cnc3c(N)ncnc32)cc1)C(N)=O. The predicted molar refractivity (Wildman–Crippen MR) is 152 cm³/mol. The molecule has 3 rings (SSSR count). The number of hydrogen-bond donors (Lipinski definition) is 5. The van der Waals surface area contributed by atoms with Crippen LogP contribution < -0.4 is 21.3 Å². The van der Waals surface area contributed by atoms with Gasteiger partial charge in [-0.3, -0.25) is 4.79 Å². The number of nitrogen functional groups attached to an aromatic ring is 1. The van der Waals surface area contributed by atoms with Gasteiger partial charge in [0.15, 0.2) is 17.8 Å². The number of primary amides is 1. The van der Waals surface area contributed by atoms with E-state index in [9.17, 15) is 19.4 Å². The highest BCUT2D eigenvalue weighted by Crippen LogP contribution is 2.43. The summed E-state index contributed by atoms with van der Waals surface area (Å²) in [6.07, 6.45) is 8.66. The topological polar surface area (TPSA) is 201 Å². The summed E-state index contributed by atoms with van der Waals surface area (Å²) in [6, 6.07) is 6.02. The molecular formula is C26H40N7O6P. The lowest BCUT2D eigenvalue weighted by Crippen LogP contribution is -2.43. The van der Waals surface area contributed by atoms with Gasteiger partial charge in [0.05, 0.1) is 31.6 Å². The molecule has 7 N–H and O–H groups in total. The van der Waals surface area contributed by atoms with Crippen LogP contribution in [0.15, 0.2) is 36.9 Å². The number of aromatic nitrogens is 4. The number of unbranched alkanes of at least 4 members (excludes halogenated alkanes) is 5. The molecule has 0 bridgehead atoms. The Bertz CT molecular complexity index is 1260. The Morgan fingerprint density at radius 2 is 1.85 bits per heavy atom. The third-order valence-electron chi connectivity index (χ3n) is 6.38. The fourth-order valence-electron chi connectivity index (χ4n) is 4.18. The van der Waals surface area contributed by atoms with Gasteiger partial charge in [-0.15, -0.1) is 0 Å². The molecule has 0 spiro atoms. The number of hydrogen-bond acceptors (Lipinski definition) is 10. The van der Waals surface area contributed by atoms with Crippen LogP contribution in [0.1, 0.15) is 51.0 Å². The van der Waals surface area contributed by atoms with Crippen LogP contribution in [-0.4, -0.2) is 67.1 Å². The van der Waals surface area contributed by atoms with Gasteiger partial charge in [-0.05, 0) is 37.1 Å². The molecule has 13 nitrogen and oxygen atoms in total. The summed E-state index contributed by atoms with van der Waals surface area (Å²) < 4.78 is 25.0. The van der Waals surface area contributed by atoms with Gasteiger partial charge in [0.25, 0.3) is 0 Å². The minimum absolute atomic E-state index is 0.117. The lowest BCUT2D eigenvalue weighted by molar-refractivity contribution is -0.120. The van der Waals surface area contributed by atoms with Crippen molar-refractivity contribution in [3.63, 3.8) is 0 Å². The molecule has 1 amide bonds. The van der Waals surface area contributed by atoms with E-state index in [-0.39, 0.29) is 18.1 Å². The first-order valence-corrected chi connectivity index (χ1v) is 15.3. The lowest BCUT2D eigenvalue weighted by Gasteiger charge is -2.19. The number of nitrogens with two attached hydrogens (primary N) is 2. The molecule has 0 radical (unpaired) electrons. The van der Waals surface area contributed by atoms with Crippen molar-refractivity contribution in [3.8, 4) is 5.75 Å². The van der Waals surface area contributed by atoms with Gasteiger partial charge in [-0.25, -0.2) is 19.5 Å². The molecule has 0 aliphatic heterocycles. The number of ether oxygens (including phenoxy) is 1. The van der Waals surface area contributed by atoms with Crippen LogP contribution in [-0.2, 0) is 27.1 Å². The van der Waals surface area contributed by atoms with Crippen molar-refractivity contribution < 1.29 is 28.6 Å². The first-order valence-electron chi connectivity index (χ1n) is 13.5. The van der Waals surface area contributed by atoms with Crippen LogP contribution in [0.2, 0.25) is 0 Å². The van der Waals surface area contributed by atoms with E-state index in [1.165, 1.54) is 38.3 Å². The average Bonchev–Trinajstić information content (AvgIpc) is 3.34. The van der Waals surface area contributed by atoms with Gasteiger partial charge in [0.2, 0.25) is 5.91 Å². The number of anilines is 1. The summed E-state index contributed by atoms with van der Waals surface area (Å²) in [5.74, 6) is -0.0393. The second-order valence-electron chi connectivity index (χ2n) is 9.68. The lowest BCUT2D eigenvalue weighted by atomic mass is 10.0. The first kappa shape index (κ1) is 31.4. The molecule has 0 fully saturated rings. The van der Waals surface area contributed by atoms with Crippen molar-refractivity contribution in [3.05, 3.63) is 42.5 Å². The second-order valence-corrected chi connectivity index (χ2v) is 11.4. The van der Waals surface area contributed by atoms with E-state index >= 15 is 0 Å². The maximum atomic E-state index is 12.6. The first-order chi connectivity index (χ1) is 19.2. The zero-order chi connectivity index (χ0) is 29.0. The highest BCUT2D eigenvalue weighted by atomic mass is 31.2. The number of fused-ring (bicyclic) bond motifs is 1. The van der Waals surface area contributed by atoms with Crippen LogP contribution in [0.3, 0.4) is 0 Å². The van der Waals surface area contributed by atoms with E-state index in [2.05, 4.69) is 27.2 Å². The molecule has 1 unspecified atom stereocenters. The molecule has 3 atom stereocenters. The van der Waals surface area contributed by atoms with Crippen molar-refractivity contribution in [1.29, 1.82) is 0 Å². The Kier molecular flexibility index (Phi) is 12.3. The van der Waals surface area contributed by atoms with E-state index in [0.29, 0.717) is 24.1 Å². The molecule has 0 aliphatic rings. The van der Waals surface area contributed by atoms with Crippen LogP contribution in [0.5, 0.6) is 5.75 Å². The number of nitrogens with zero attached hydrogens (tertiary/aromatic N) is 4. The average molecular weight is 578 g/mol. The number of imidazole rings is 1. The zero-order valence-electron chi connectivity index (χ0n) is 22.8. The predicted octanol–water partition coefficient (Wildman–Crippen LogP) is 2.35. The summed E-state index contributed by atoms with van der Waals surface area (Å²) in [4.78, 5) is 34.4. The van der Waals surface area contributed by atoms with Crippen LogP contribution in [0.4, 0.5) is 5.82 Å². The fraction of sp³-hybridized carbons (Fsp3) is 0.538. The molecule has 40 heavy (non-hydrogen) atoms. The number of benzene rings is 1. The maximum absolute atomic E-state index is 12.6. The van der Waals surface area contributed by atoms with Crippen LogP contribution >= 0.6 is 7.60 Å². The molecule has 1 aromatic carbocycles. The van der Waals surface area contributed by atoms with E-state index in [1.807, 2.05) is 0 Å². The Balaban J connectivity index is 1.47. The monoisotopic (exact) mass is 577 g/mol. The van der Waals surface area contributed by atoms with Gasteiger partial charge in [-0.1, -0.05) is 51.2 Å². The number of rotatable bonds is 19. The van der Waals surface area contributed by atoms with Crippen molar-refractivity contribution in [2.24, 2.45) is 5.73 Å². The van der Waals surface area contributed by atoms with Gasteiger partial charge in [0.1, 0.15) is 17.6 Å². The van der Waals surface area contributed by atoms with Crippen LogP contribution in [0, 0.1) is 0 Å². The third kappa shape index (κ3) is 9.83. The Labute approximate surface area is 233 Å². The molecule has 0 saturated heterocycles. The molecule has 0 saturated carbocycles. The fourth-order valence-corrected chi connectivity index (χ4v) is 5.09. The Morgan fingerprint density at radius 1 is 1.12 bits per heavy atom. The molecule has 3 aromatic rings. The molecule has 0 aliphatic carbocycles. The summed E-state index contributed by atoms with van der Waals surface area (Å²) in [5.41, 5.74) is 13.1. The quantitative estimate of drug-likeness (QED) is 0.103. The summed E-state index contributed by atoms with van der Waals surface area (Å²) >= 11 is 0. The third-order valence-corrected chi connectivity index (χ3v) is 7.35. The molecule has 14 heteroatoms. The van der Waals surface area contributed by atoms with Crippen molar-refractivity contribution >= 4 is 30.5 Å². The minimum atomic E-state index is -4.20. The summed E-state index contributed by atoms with van der Waals surface area (Å²) in [7, 11) is -4.20. The minimum Gasteiger partial charge on any atom is -0.423 e. The summed E-state index contributed by atoms with van der Waals surface area (Å²) in [6.45, 7) is 2.60. The standard InChI is InChI=1S/C26H40N7O6P/c1-2-3-4-5-6-7-12-29-22(25(28)35)13-19-8-10-20(11-9-19)39-40(36,37)18-38-21(15-34)14-33-17-32-23-24(27)30-16-31-26(23)33/h8-11,16-17,21-22,29,34H,2-7,12-15,18H2,1H3,(H2,28,35)(H,36,37)(H2,27,30,31)/t21-,22-/m0/s1. The van der Waals surface area contributed by atoms with E-state index < -0.39 is 38.6 Å².